The van der Waals surface area contributed by atoms with Crippen LogP contribution < -0.4 is 10.5 Å². The zero-order valence-corrected chi connectivity index (χ0v) is 14.0. The van der Waals surface area contributed by atoms with Crippen LogP contribution in [0.1, 0.15) is 5.56 Å². The van der Waals surface area contributed by atoms with E-state index >= 15 is 0 Å². The van der Waals surface area contributed by atoms with Crippen molar-refractivity contribution >= 4 is 45.0 Å². The molecule has 0 spiro atoms. The number of nitrogens with two attached hydrogens (primary N) is 1. The molecule has 0 aliphatic rings. The zero-order chi connectivity index (χ0) is 17.0. The predicted molar refractivity (Wildman–Crippen MR) is 88.1 cm³/mol. The largest absolute Gasteiger partial charge is 0.444 e. The van der Waals surface area contributed by atoms with E-state index in [0.717, 1.165) is 5.56 Å². The van der Waals surface area contributed by atoms with E-state index in [9.17, 15) is 13.2 Å². The molecular weight excluding hydrogens is 363 g/mol. The molecule has 2 aromatic carbocycles. The van der Waals surface area contributed by atoms with E-state index in [0.29, 0.717) is 0 Å². The van der Waals surface area contributed by atoms with Gasteiger partial charge >= 0.3 is 6.09 Å². The number of anilines is 1. The van der Waals surface area contributed by atoms with Gasteiger partial charge in [-0.1, -0.05) is 53.5 Å². The van der Waals surface area contributed by atoms with E-state index in [2.05, 4.69) is 5.32 Å². The first kappa shape index (κ1) is 17.6. The lowest BCUT2D eigenvalue weighted by Gasteiger charge is -2.10. The second kappa shape index (κ2) is 7.18. The number of ether oxygens (including phenoxy) is 1. The first-order valence-corrected chi connectivity index (χ1v) is 8.57. The van der Waals surface area contributed by atoms with Crippen molar-refractivity contribution in [3.8, 4) is 0 Å². The molecule has 6 nitrogen and oxygen atoms in total. The summed E-state index contributed by atoms with van der Waals surface area (Å²) in [7, 11) is -4.06. The summed E-state index contributed by atoms with van der Waals surface area (Å²) in [6, 6.07) is 11.5. The Kier molecular flexibility index (Phi) is 5.48. The van der Waals surface area contributed by atoms with Crippen LogP contribution in [-0.2, 0) is 21.4 Å². The fourth-order valence-corrected chi connectivity index (χ4v) is 3.57. The van der Waals surface area contributed by atoms with Crippen molar-refractivity contribution in [3.63, 3.8) is 0 Å². The number of rotatable bonds is 4. The minimum absolute atomic E-state index is 0.0867. The number of hydrogen-bond acceptors (Lipinski definition) is 4. The molecule has 0 aliphatic heterocycles. The summed E-state index contributed by atoms with van der Waals surface area (Å²) in [5, 5.41) is 7.03. The van der Waals surface area contributed by atoms with Crippen molar-refractivity contribution in [2.24, 2.45) is 5.14 Å². The number of primary sulfonamides is 1. The molecule has 0 aliphatic carbocycles. The topological polar surface area (TPSA) is 98.5 Å². The van der Waals surface area contributed by atoms with Gasteiger partial charge in [-0.3, -0.25) is 5.32 Å². The standard InChI is InChI=1S/C14H12Cl2N2O4S/c15-11-6-10(7-12(16)13(11)23(17,20)21)18-14(19)22-8-9-4-2-1-3-5-9/h1-7H,8H2,(H,18,19)(H2,17,20,21). The van der Waals surface area contributed by atoms with Gasteiger partial charge in [0.1, 0.15) is 11.5 Å². The average molecular weight is 375 g/mol. The minimum Gasteiger partial charge on any atom is -0.444 e. The molecule has 0 unspecified atom stereocenters. The molecule has 0 atom stereocenters. The van der Waals surface area contributed by atoms with Crippen molar-refractivity contribution in [2.75, 3.05) is 5.32 Å². The Morgan fingerprint density at radius 2 is 1.70 bits per heavy atom. The summed E-state index contributed by atoms with van der Waals surface area (Å²) < 4.78 is 27.8. The second-order valence-electron chi connectivity index (χ2n) is 4.50. The number of carbonyl (C=O) groups is 1. The molecule has 2 aromatic rings. The van der Waals surface area contributed by atoms with Gasteiger partial charge in [-0.2, -0.15) is 0 Å². The van der Waals surface area contributed by atoms with Crippen LogP contribution in [0.3, 0.4) is 0 Å². The van der Waals surface area contributed by atoms with E-state index in [1.165, 1.54) is 12.1 Å². The smallest absolute Gasteiger partial charge is 0.411 e. The maximum Gasteiger partial charge on any atom is 0.411 e. The number of halogens is 2. The predicted octanol–water partition coefficient (Wildman–Crippen LogP) is 3.39. The first-order chi connectivity index (χ1) is 10.8. The van der Waals surface area contributed by atoms with Crippen LogP contribution in [0, 0.1) is 0 Å². The maximum atomic E-state index is 11.7. The molecule has 122 valence electrons. The molecule has 0 saturated heterocycles. The average Bonchev–Trinajstić information content (AvgIpc) is 2.44. The SMILES string of the molecule is NS(=O)(=O)c1c(Cl)cc(NC(=O)OCc2ccccc2)cc1Cl. The van der Waals surface area contributed by atoms with Gasteiger partial charge in [-0.15, -0.1) is 0 Å². The molecule has 0 bridgehead atoms. The molecule has 23 heavy (non-hydrogen) atoms. The summed E-state index contributed by atoms with van der Waals surface area (Å²) in [5.74, 6) is 0. The van der Waals surface area contributed by atoms with Crippen molar-refractivity contribution in [1.29, 1.82) is 0 Å². The summed E-state index contributed by atoms with van der Waals surface area (Å²) >= 11 is 11.7. The highest BCUT2D eigenvalue weighted by atomic mass is 35.5. The van der Waals surface area contributed by atoms with Gasteiger partial charge in [0, 0.05) is 5.69 Å². The van der Waals surface area contributed by atoms with Crippen molar-refractivity contribution < 1.29 is 17.9 Å². The quantitative estimate of drug-likeness (QED) is 0.856. The van der Waals surface area contributed by atoms with Crippen LogP contribution >= 0.6 is 23.2 Å². The maximum absolute atomic E-state index is 11.7. The van der Waals surface area contributed by atoms with Gasteiger partial charge in [0.15, 0.2) is 0 Å². The zero-order valence-electron chi connectivity index (χ0n) is 11.6. The monoisotopic (exact) mass is 374 g/mol. The van der Waals surface area contributed by atoms with Gasteiger partial charge in [-0.05, 0) is 17.7 Å². The van der Waals surface area contributed by atoms with Crippen molar-refractivity contribution in [1.82, 2.24) is 0 Å². The normalized spacial score (nSPS) is 11.1. The third-order valence-electron chi connectivity index (χ3n) is 2.74. The summed E-state index contributed by atoms with van der Waals surface area (Å²) in [6.45, 7) is 0.0867. The number of benzene rings is 2. The first-order valence-electron chi connectivity index (χ1n) is 6.27. The molecule has 0 radical (unpaired) electrons. The van der Waals surface area contributed by atoms with E-state index < -0.39 is 21.0 Å². The molecule has 0 saturated carbocycles. The van der Waals surface area contributed by atoms with E-state index in [1.54, 1.807) is 0 Å². The lowest BCUT2D eigenvalue weighted by molar-refractivity contribution is 0.155. The van der Waals surface area contributed by atoms with Crippen LogP contribution in [0.25, 0.3) is 0 Å². The van der Waals surface area contributed by atoms with E-state index in [-0.39, 0.29) is 22.3 Å². The van der Waals surface area contributed by atoms with Crippen LogP contribution in [0.15, 0.2) is 47.4 Å². The Morgan fingerprint density at radius 3 is 2.22 bits per heavy atom. The van der Waals surface area contributed by atoms with Gasteiger partial charge in [0.25, 0.3) is 0 Å². The lowest BCUT2D eigenvalue weighted by Crippen LogP contribution is -2.16. The fourth-order valence-electron chi connectivity index (χ4n) is 1.78. The lowest BCUT2D eigenvalue weighted by atomic mass is 10.2. The Morgan fingerprint density at radius 1 is 1.13 bits per heavy atom. The summed E-state index contributed by atoms with van der Waals surface area (Å²) in [5.41, 5.74) is 1.01. The van der Waals surface area contributed by atoms with Gasteiger partial charge in [-0.25, -0.2) is 18.4 Å². The van der Waals surface area contributed by atoms with Crippen LogP contribution in [0.4, 0.5) is 10.5 Å². The summed E-state index contributed by atoms with van der Waals surface area (Å²) in [4.78, 5) is 11.3. The highest BCUT2D eigenvalue weighted by molar-refractivity contribution is 7.89. The Labute approximate surface area is 143 Å². The van der Waals surface area contributed by atoms with Crippen molar-refractivity contribution in [3.05, 3.63) is 58.1 Å². The Balaban J connectivity index is 2.07. The Bertz CT molecular complexity index is 803. The van der Waals surface area contributed by atoms with Crippen LogP contribution in [0.5, 0.6) is 0 Å². The van der Waals surface area contributed by atoms with Crippen molar-refractivity contribution in [2.45, 2.75) is 11.5 Å². The number of carbonyl (C=O) groups excluding carboxylic acids is 1. The highest BCUT2D eigenvalue weighted by Gasteiger charge is 2.19. The second-order valence-corrected chi connectivity index (χ2v) is 6.81. The van der Waals surface area contributed by atoms with Gasteiger partial charge in [0.05, 0.1) is 10.0 Å². The summed E-state index contributed by atoms with van der Waals surface area (Å²) in [6.07, 6.45) is -0.732. The molecular formula is C14H12Cl2N2O4S. The van der Waals surface area contributed by atoms with E-state index in [4.69, 9.17) is 33.1 Å². The number of hydrogen-bond donors (Lipinski definition) is 2. The number of sulfonamides is 1. The molecule has 0 aromatic heterocycles. The molecule has 1 amide bonds. The molecule has 9 heteroatoms. The molecule has 0 heterocycles. The number of nitrogens with one attached hydrogen (secondary N) is 1. The highest BCUT2D eigenvalue weighted by Crippen LogP contribution is 2.32. The fraction of sp³-hybridized carbons (Fsp3) is 0.0714. The van der Waals surface area contributed by atoms with Gasteiger partial charge < -0.3 is 4.74 Å². The molecule has 0 fully saturated rings. The van der Waals surface area contributed by atoms with Gasteiger partial charge in [0.2, 0.25) is 10.0 Å². The number of amides is 1. The Hall–Kier alpha value is -1.80. The molecule has 2 rings (SSSR count). The molecule has 3 N–H and O–H groups in total. The van der Waals surface area contributed by atoms with Crippen LogP contribution in [0.2, 0.25) is 10.0 Å². The third-order valence-corrected chi connectivity index (χ3v) is 4.57. The van der Waals surface area contributed by atoms with E-state index in [1.807, 2.05) is 30.3 Å². The minimum atomic E-state index is -4.06. The third kappa shape index (κ3) is 4.84. The van der Waals surface area contributed by atoms with Crippen LogP contribution in [-0.4, -0.2) is 14.5 Å².